The number of primary sulfonamides is 1. The molecule has 2 aromatic carbocycles. The van der Waals surface area contributed by atoms with Gasteiger partial charge in [-0.15, -0.1) is 0 Å². The largest absolute Gasteiger partial charge is 0.466 e. The van der Waals surface area contributed by atoms with Gasteiger partial charge in [-0.25, -0.2) is 23.8 Å². The van der Waals surface area contributed by atoms with Gasteiger partial charge in [0.15, 0.2) is 0 Å². The SMILES string of the molecule is CCCN1NC(CC)C(C(=O)OC)=C1Cc1ccc(-c2ccccc2S(N)(=O)=O)cc1. The number of nitrogens with zero attached hydrogens (tertiary/aromatic N) is 1. The molecular formula is C23H29N3O4S. The molecule has 1 aliphatic heterocycles. The third kappa shape index (κ3) is 4.98. The summed E-state index contributed by atoms with van der Waals surface area (Å²) in [7, 11) is -2.42. The van der Waals surface area contributed by atoms with Crippen LogP contribution in [0.4, 0.5) is 0 Å². The number of benzene rings is 2. The van der Waals surface area contributed by atoms with Gasteiger partial charge in [-0.2, -0.15) is 0 Å². The minimum atomic E-state index is -3.83. The highest BCUT2D eigenvalue weighted by molar-refractivity contribution is 7.89. The average Bonchev–Trinajstić information content (AvgIpc) is 3.10. The van der Waals surface area contributed by atoms with Crippen LogP contribution >= 0.6 is 0 Å². The Morgan fingerprint density at radius 2 is 1.81 bits per heavy atom. The maximum atomic E-state index is 12.5. The Kier molecular flexibility index (Phi) is 7.15. The lowest BCUT2D eigenvalue weighted by molar-refractivity contribution is -0.136. The van der Waals surface area contributed by atoms with E-state index in [4.69, 9.17) is 9.88 Å². The number of ether oxygens (including phenoxy) is 1. The number of hydrazine groups is 1. The van der Waals surface area contributed by atoms with E-state index >= 15 is 0 Å². The van der Waals surface area contributed by atoms with Crippen molar-refractivity contribution in [3.63, 3.8) is 0 Å². The number of esters is 1. The van der Waals surface area contributed by atoms with Crippen molar-refractivity contribution in [1.29, 1.82) is 0 Å². The summed E-state index contributed by atoms with van der Waals surface area (Å²) in [5.74, 6) is -0.313. The van der Waals surface area contributed by atoms with Crippen LogP contribution in [0.3, 0.4) is 0 Å². The Balaban J connectivity index is 1.95. The molecule has 0 aromatic heterocycles. The van der Waals surface area contributed by atoms with Crippen molar-refractivity contribution in [3.05, 3.63) is 65.4 Å². The molecule has 0 aliphatic carbocycles. The molecule has 1 aliphatic rings. The van der Waals surface area contributed by atoms with Crippen molar-refractivity contribution in [1.82, 2.24) is 10.4 Å². The van der Waals surface area contributed by atoms with E-state index in [0.29, 0.717) is 17.6 Å². The summed E-state index contributed by atoms with van der Waals surface area (Å²) in [6, 6.07) is 14.2. The van der Waals surface area contributed by atoms with Crippen LogP contribution in [-0.2, 0) is 26.0 Å². The number of hydrogen-bond donors (Lipinski definition) is 2. The summed E-state index contributed by atoms with van der Waals surface area (Å²) >= 11 is 0. The van der Waals surface area contributed by atoms with Crippen molar-refractivity contribution in [2.24, 2.45) is 5.14 Å². The van der Waals surface area contributed by atoms with E-state index in [1.807, 2.05) is 36.2 Å². The zero-order chi connectivity index (χ0) is 22.6. The highest BCUT2D eigenvalue weighted by Gasteiger charge is 2.34. The van der Waals surface area contributed by atoms with Crippen LogP contribution < -0.4 is 10.6 Å². The van der Waals surface area contributed by atoms with Crippen molar-refractivity contribution >= 4 is 16.0 Å². The number of nitrogens with one attached hydrogen (secondary N) is 1. The van der Waals surface area contributed by atoms with Crippen molar-refractivity contribution < 1.29 is 17.9 Å². The molecule has 31 heavy (non-hydrogen) atoms. The van der Waals surface area contributed by atoms with E-state index in [-0.39, 0.29) is 16.9 Å². The van der Waals surface area contributed by atoms with Gasteiger partial charge >= 0.3 is 5.97 Å². The van der Waals surface area contributed by atoms with Gasteiger partial charge in [-0.1, -0.05) is 56.3 Å². The second-order valence-corrected chi connectivity index (χ2v) is 9.04. The van der Waals surface area contributed by atoms with Gasteiger partial charge in [0.25, 0.3) is 0 Å². The normalized spacial score (nSPS) is 16.6. The molecule has 2 aromatic rings. The fourth-order valence-corrected chi connectivity index (χ4v) is 4.67. The molecular weight excluding hydrogens is 414 g/mol. The average molecular weight is 444 g/mol. The molecule has 1 atom stereocenters. The Hall–Kier alpha value is -2.68. The molecule has 3 N–H and O–H groups in total. The second kappa shape index (κ2) is 9.64. The van der Waals surface area contributed by atoms with E-state index in [9.17, 15) is 13.2 Å². The molecule has 0 radical (unpaired) electrons. The van der Waals surface area contributed by atoms with E-state index < -0.39 is 10.0 Å². The minimum Gasteiger partial charge on any atom is -0.466 e. The molecule has 0 saturated carbocycles. The van der Waals surface area contributed by atoms with Crippen LogP contribution in [0.15, 0.2) is 64.7 Å². The predicted molar refractivity (Wildman–Crippen MR) is 120 cm³/mol. The first-order chi connectivity index (χ1) is 14.8. The van der Waals surface area contributed by atoms with Crippen molar-refractivity contribution in [3.8, 4) is 11.1 Å². The number of nitrogens with two attached hydrogens (primary N) is 1. The Labute approximate surface area is 183 Å². The summed E-state index contributed by atoms with van der Waals surface area (Å²) < 4.78 is 28.9. The maximum absolute atomic E-state index is 12.5. The van der Waals surface area contributed by atoms with Crippen molar-refractivity contribution in [2.45, 2.75) is 44.0 Å². The number of carbonyl (C=O) groups excluding carboxylic acids is 1. The first-order valence-electron chi connectivity index (χ1n) is 10.4. The van der Waals surface area contributed by atoms with E-state index in [0.717, 1.165) is 36.2 Å². The molecule has 3 rings (SSSR count). The molecule has 1 unspecified atom stereocenters. The lowest BCUT2D eigenvalue weighted by atomic mass is 9.98. The summed E-state index contributed by atoms with van der Waals surface area (Å²) in [5, 5.41) is 7.42. The van der Waals surface area contributed by atoms with Gasteiger partial charge in [0, 0.05) is 24.2 Å². The first kappa shape index (κ1) is 23.0. The fraction of sp³-hybridized carbons (Fsp3) is 0.348. The number of methoxy groups -OCH3 is 1. The van der Waals surface area contributed by atoms with Crippen LogP contribution in [0.2, 0.25) is 0 Å². The molecule has 0 saturated heterocycles. The van der Waals surface area contributed by atoms with Gasteiger partial charge in [0.2, 0.25) is 10.0 Å². The molecule has 0 amide bonds. The summed E-state index contributed by atoms with van der Waals surface area (Å²) in [6.45, 7) is 4.91. The first-order valence-corrected chi connectivity index (χ1v) is 11.9. The zero-order valence-corrected chi connectivity index (χ0v) is 18.9. The number of hydrogen-bond acceptors (Lipinski definition) is 6. The number of rotatable bonds is 8. The second-order valence-electron chi connectivity index (χ2n) is 7.51. The van der Waals surface area contributed by atoms with Gasteiger partial charge < -0.3 is 9.75 Å². The zero-order valence-electron chi connectivity index (χ0n) is 18.1. The smallest absolute Gasteiger partial charge is 0.337 e. The highest BCUT2D eigenvalue weighted by Crippen LogP contribution is 2.30. The molecule has 1 heterocycles. The Bertz CT molecular complexity index is 1080. The van der Waals surface area contributed by atoms with Gasteiger partial charge in [0.1, 0.15) is 0 Å². The lowest BCUT2D eigenvalue weighted by Crippen LogP contribution is -2.38. The van der Waals surface area contributed by atoms with E-state index in [1.165, 1.54) is 13.2 Å². The third-order valence-electron chi connectivity index (χ3n) is 5.39. The third-order valence-corrected chi connectivity index (χ3v) is 6.36. The number of carbonyl (C=O) groups is 1. The van der Waals surface area contributed by atoms with Crippen LogP contribution in [0.5, 0.6) is 0 Å². The summed E-state index contributed by atoms with van der Waals surface area (Å²) in [6.07, 6.45) is 2.27. The number of sulfonamides is 1. The van der Waals surface area contributed by atoms with Gasteiger partial charge in [-0.05, 0) is 30.0 Å². The molecule has 8 heteroatoms. The predicted octanol–water partition coefficient (Wildman–Crippen LogP) is 2.98. The van der Waals surface area contributed by atoms with Crippen LogP contribution in [0, 0.1) is 0 Å². The summed E-state index contributed by atoms with van der Waals surface area (Å²) in [5.41, 5.74) is 7.33. The Morgan fingerprint density at radius 3 is 2.39 bits per heavy atom. The monoisotopic (exact) mass is 443 g/mol. The molecule has 0 fully saturated rings. The number of allylic oxidation sites excluding steroid dienone is 1. The molecule has 166 valence electrons. The Morgan fingerprint density at radius 1 is 1.13 bits per heavy atom. The van der Waals surface area contributed by atoms with E-state index in [2.05, 4.69) is 12.3 Å². The quantitative estimate of drug-likeness (QED) is 0.608. The summed E-state index contributed by atoms with van der Waals surface area (Å²) in [4.78, 5) is 12.6. The van der Waals surface area contributed by atoms with Gasteiger partial charge in [0.05, 0.1) is 23.6 Å². The fourth-order valence-electron chi connectivity index (χ4n) is 3.91. The van der Waals surface area contributed by atoms with E-state index in [1.54, 1.807) is 18.2 Å². The minimum absolute atomic E-state index is 0.0742. The van der Waals surface area contributed by atoms with Gasteiger partial charge in [-0.3, -0.25) is 0 Å². The molecule has 0 spiro atoms. The maximum Gasteiger partial charge on any atom is 0.337 e. The van der Waals surface area contributed by atoms with Crippen molar-refractivity contribution in [2.75, 3.05) is 13.7 Å². The lowest BCUT2D eigenvalue weighted by Gasteiger charge is -2.23. The molecule has 7 nitrogen and oxygen atoms in total. The van der Waals surface area contributed by atoms with Crippen LogP contribution in [0.25, 0.3) is 11.1 Å². The van der Waals surface area contributed by atoms with Crippen LogP contribution in [0.1, 0.15) is 32.3 Å². The van der Waals surface area contributed by atoms with Crippen LogP contribution in [-0.4, -0.2) is 39.1 Å². The topological polar surface area (TPSA) is 102 Å². The highest BCUT2D eigenvalue weighted by atomic mass is 32.2. The molecule has 0 bridgehead atoms. The standard InChI is InChI=1S/C23H29N3O4S/c1-4-14-26-20(22(23(27)30-3)19(5-2)25-26)15-16-10-12-17(13-11-16)18-8-6-7-9-21(18)31(24,28)29/h6-13,19,25H,4-5,14-15H2,1-3H3,(H2,24,28,29).